The van der Waals surface area contributed by atoms with Gasteiger partial charge < -0.3 is 5.32 Å². The summed E-state index contributed by atoms with van der Waals surface area (Å²) in [5.74, 6) is 0.808. The number of rotatable bonds is 8. The van der Waals surface area contributed by atoms with Gasteiger partial charge in [0, 0.05) is 12.2 Å². The van der Waals surface area contributed by atoms with E-state index in [1.807, 2.05) is 36.4 Å². The van der Waals surface area contributed by atoms with Crippen molar-refractivity contribution < 1.29 is 4.79 Å². The van der Waals surface area contributed by atoms with Crippen LogP contribution in [-0.4, -0.2) is 21.1 Å². The Labute approximate surface area is 175 Å². The molecule has 0 aliphatic heterocycles. The van der Waals surface area contributed by atoms with Gasteiger partial charge in [0.05, 0.1) is 15.2 Å². The number of nitrogens with zero attached hydrogens (tertiary/aromatic N) is 3. The molecule has 0 spiro atoms. The largest absolute Gasteiger partial charge is 0.301 e. The number of hydrogen-bond acceptors (Lipinski definition) is 7. The number of carbonyl (C=O) groups is 1. The summed E-state index contributed by atoms with van der Waals surface area (Å²) in [6, 6.07) is 18.3. The summed E-state index contributed by atoms with van der Waals surface area (Å²) in [5, 5.41) is 12.7. The van der Waals surface area contributed by atoms with Crippen LogP contribution in [0.3, 0.4) is 0 Å². The maximum absolute atomic E-state index is 12.2. The fourth-order valence-corrected chi connectivity index (χ4v) is 5.38. The minimum Gasteiger partial charge on any atom is -0.301 e. The minimum atomic E-state index is -0.0307. The lowest BCUT2D eigenvalue weighted by atomic mass is 10.2. The average Bonchev–Trinajstić information content (AvgIpc) is 3.33. The van der Waals surface area contributed by atoms with Crippen molar-refractivity contribution in [2.45, 2.75) is 29.4 Å². The zero-order valence-electron chi connectivity index (χ0n) is 15.0. The number of fused-ring (bicyclic) bond motifs is 1. The predicted molar refractivity (Wildman–Crippen MR) is 117 cm³/mol. The number of anilines is 1. The van der Waals surface area contributed by atoms with Crippen LogP contribution in [0.15, 0.2) is 58.9 Å². The zero-order valence-corrected chi connectivity index (χ0v) is 17.4. The molecule has 0 aliphatic carbocycles. The molecule has 0 fully saturated rings. The van der Waals surface area contributed by atoms with Gasteiger partial charge in [-0.15, -0.1) is 21.5 Å². The molecule has 0 bridgehead atoms. The number of benzene rings is 2. The summed E-state index contributed by atoms with van der Waals surface area (Å²) >= 11 is 4.73. The van der Waals surface area contributed by atoms with Crippen LogP contribution >= 0.6 is 34.4 Å². The van der Waals surface area contributed by atoms with Crippen LogP contribution in [-0.2, 0) is 17.0 Å². The van der Waals surface area contributed by atoms with Gasteiger partial charge in [-0.05, 0) is 30.5 Å². The van der Waals surface area contributed by atoms with E-state index in [4.69, 9.17) is 0 Å². The highest BCUT2D eigenvalue weighted by molar-refractivity contribution is 8.00. The van der Waals surface area contributed by atoms with Crippen molar-refractivity contribution in [1.29, 1.82) is 0 Å². The molecule has 28 heavy (non-hydrogen) atoms. The Bertz CT molecular complexity index is 1030. The van der Waals surface area contributed by atoms with Crippen molar-refractivity contribution in [2.75, 3.05) is 5.32 Å². The molecule has 8 heteroatoms. The van der Waals surface area contributed by atoms with E-state index in [1.54, 1.807) is 23.1 Å². The van der Waals surface area contributed by atoms with E-state index in [1.165, 1.54) is 21.6 Å². The number of aryl methyl sites for hydroxylation is 1. The van der Waals surface area contributed by atoms with Crippen LogP contribution in [0, 0.1) is 0 Å². The lowest BCUT2D eigenvalue weighted by molar-refractivity contribution is -0.116. The predicted octanol–water partition coefficient (Wildman–Crippen LogP) is 5.40. The van der Waals surface area contributed by atoms with Gasteiger partial charge in [0.15, 0.2) is 4.34 Å². The molecule has 1 amide bonds. The number of amides is 1. The van der Waals surface area contributed by atoms with Gasteiger partial charge >= 0.3 is 0 Å². The van der Waals surface area contributed by atoms with E-state index >= 15 is 0 Å². The monoisotopic (exact) mass is 426 g/mol. The molecule has 4 aromatic rings. The number of para-hydroxylation sites is 1. The fourth-order valence-electron chi connectivity index (χ4n) is 2.65. The van der Waals surface area contributed by atoms with Crippen LogP contribution < -0.4 is 5.32 Å². The van der Waals surface area contributed by atoms with Crippen molar-refractivity contribution in [3.8, 4) is 0 Å². The molecule has 142 valence electrons. The second-order valence-corrected chi connectivity index (χ2v) is 9.44. The Morgan fingerprint density at radius 2 is 1.82 bits per heavy atom. The molecular formula is C20H18N4OS3. The third-order valence-electron chi connectivity index (χ3n) is 3.99. The minimum absolute atomic E-state index is 0.0307. The van der Waals surface area contributed by atoms with Gasteiger partial charge in [0.2, 0.25) is 11.0 Å². The van der Waals surface area contributed by atoms with E-state index in [-0.39, 0.29) is 5.91 Å². The van der Waals surface area contributed by atoms with Gasteiger partial charge in [0.25, 0.3) is 0 Å². The van der Waals surface area contributed by atoms with Gasteiger partial charge in [-0.1, -0.05) is 65.6 Å². The first-order valence-electron chi connectivity index (χ1n) is 8.91. The van der Waals surface area contributed by atoms with Gasteiger partial charge in [-0.25, -0.2) is 4.98 Å². The molecule has 5 nitrogen and oxygen atoms in total. The van der Waals surface area contributed by atoms with E-state index < -0.39 is 0 Å². The summed E-state index contributed by atoms with van der Waals surface area (Å²) in [7, 11) is 0. The first kappa shape index (κ1) is 19.0. The highest BCUT2D eigenvalue weighted by Gasteiger charge is 2.10. The van der Waals surface area contributed by atoms with Crippen LogP contribution in [0.5, 0.6) is 0 Å². The van der Waals surface area contributed by atoms with E-state index in [0.29, 0.717) is 11.6 Å². The second kappa shape index (κ2) is 9.27. The quantitative estimate of drug-likeness (QED) is 0.302. The molecule has 1 N–H and O–H groups in total. The highest BCUT2D eigenvalue weighted by Crippen LogP contribution is 2.28. The summed E-state index contributed by atoms with van der Waals surface area (Å²) in [5.41, 5.74) is 2.27. The third kappa shape index (κ3) is 5.15. The summed E-state index contributed by atoms with van der Waals surface area (Å²) in [4.78, 5) is 16.8. The summed E-state index contributed by atoms with van der Waals surface area (Å²) < 4.78 is 2.05. The number of hydrogen-bond donors (Lipinski definition) is 1. The Hall–Kier alpha value is -2.29. The lowest BCUT2D eigenvalue weighted by Crippen LogP contribution is -2.11. The molecule has 0 aliphatic rings. The fraction of sp³-hybridized carbons (Fsp3) is 0.200. The van der Waals surface area contributed by atoms with Crippen LogP contribution in [0.4, 0.5) is 5.13 Å². The van der Waals surface area contributed by atoms with Crippen LogP contribution in [0.2, 0.25) is 0 Å². The van der Waals surface area contributed by atoms with Crippen LogP contribution in [0.1, 0.15) is 23.4 Å². The third-order valence-corrected chi connectivity index (χ3v) is 7.13. The molecule has 2 aromatic carbocycles. The van der Waals surface area contributed by atoms with E-state index in [9.17, 15) is 4.79 Å². The average molecular weight is 427 g/mol. The smallest absolute Gasteiger partial charge is 0.226 e. The first-order valence-corrected chi connectivity index (χ1v) is 11.5. The molecular weight excluding hydrogens is 408 g/mol. The maximum Gasteiger partial charge on any atom is 0.226 e. The Morgan fingerprint density at radius 3 is 2.68 bits per heavy atom. The Morgan fingerprint density at radius 1 is 1.00 bits per heavy atom. The SMILES string of the molecule is O=C(CCCc1nc2ccccc2s1)Nc1nnc(SCc2ccccc2)s1. The van der Waals surface area contributed by atoms with Crippen molar-refractivity contribution >= 4 is 55.7 Å². The van der Waals surface area contributed by atoms with E-state index in [2.05, 4.69) is 38.7 Å². The van der Waals surface area contributed by atoms with Crippen molar-refractivity contribution in [3.63, 3.8) is 0 Å². The normalized spacial score (nSPS) is 11.0. The Balaban J connectivity index is 1.22. The van der Waals surface area contributed by atoms with Crippen molar-refractivity contribution in [2.24, 2.45) is 0 Å². The van der Waals surface area contributed by atoms with E-state index in [0.717, 1.165) is 33.5 Å². The standard InChI is InChI=1S/C20H18N4OS3/c25-17(11-6-12-18-21-15-9-4-5-10-16(15)27-18)22-19-23-24-20(28-19)26-13-14-7-2-1-3-8-14/h1-5,7-10H,6,11-13H2,(H,22,23,25). The Kier molecular flexibility index (Phi) is 6.31. The molecule has 4 rings (SSSR count). The van der Waals surface area contributed by atoms with Crippen molar-refractivity contribution in [3.05, 3.63) is 65.2 Å². The molecule has 0 atom stereocenters. The van der Waals surface area contributed by atoms with Crippen molar-refractivity contribution in [1.82, 2.24) is 15.2 Å². The topological polar surface area (TPSA) is 67.8 Å². The number of thiazole rings is 1. The second-order valence-electron chi connectivity index (χ2n) is 6.12. The molecule has 0 saturated heterocycles. The number of thioether (sulfide) groups is 1. The highest BCUT2D eigenvalue weighted by atomic mass is 32.2. The molecule has 0 radical (unpaired) electrons. The maximum atomic E-state index is 12.2. The summed E-state index contributed by atoms with van der Waals surface area (Å²) in [6.45, 7) is 0. The first-order chi connectivity index (χ1) is 13.8. The lowest BCUT2D eigenvalue weighted by Gasteiger charge is -2.00. The molecule has 0 saturated carbocycles. The summed E-state index contributed by atoms with van der Waals surface area (Å²) in [6.07, 6.45) is 2.02. The number of nitrogens with one attached hydrogen (secondary N) is 1. The van der Waals surface area contributed by atoms with Gasteiger partial charge in [0.1, 0.15) is 0 Å². The number of aromatic nitrogens is 3. The van der Waals surface area contributed by atoms with Gasteiger partial charge in [-0.3, -0.25) is 4.79 Å². The van der Waals surface area contributed by atoms with Gasteiger partial charge in [-0.2, -0.15) is 0 Å². The number of carbonyl (C=O) groups excluding carboxylic acids is 1. The molecule has 2 aromatic heterocycles. The molecule has 2 heterocycles. The molecule has 0 unspecified atom stereocenters. The van der Waals surface area contributed by atoms with Crippen LogP contribution in [0.25, 0.3) is 10.2 Å². The zero-order chi connectivity index (χ0) is 19.2.